The maximum atomic E-state index is 12.7. The Morgan fingerprint density at radius 3 is 2.61 bits per heavy atom. The lowest BCUT2D eigenvalue weighted by molar-refractivity contribution is 0.0696. The van der Waals surface area contributed by atoms with Crippen molar-refractivity contribution in [3.63, 3.8) is 0 Å². The van der Waals surface area contributed by atoms with E-state index in [-0.39, 0.29) is 16.5 Å². The number of hydrogen-bond donors (Lipinski definition) is 2. The molecule has 128 valence electrons. The maximum Gasteiger partial charge on any atom is 0.335 e. The Hall–Kier alpha value is -1.64. The average Bonchev–Trinajstić information content (AvgIpc) is 2.54. The van der Waals surface area contributed by atoms with Gasteiger partial charge in [0.1, 0.15) is 4.90 Å². The summed E-state index contributed by atoms with van der Waals surface area (Å²) in [6, 6.07) is 3.97. The standard InChI is InChI=1S/C15H22N2O5S/c1-3-11(2)16-23(20,21)14-10-12(15(18)19)4-5-13(14)17-6-8-22-9-7-17/h4-5,10-11,16H,3,6-9H2,1-2H3,(H,18,19)/t11-/m1/s1. The van der Waals surface area contributed by atoms with E-state index >= 15 is 0 Å². The van der Waals surface area contributed by atoms with E-state index in [2.05, 4.69) is 4.72 Å². The molecule has 0 aromatic heterocycles. The van der Waals surface area contributed by atoms with Crippen molar-refractivity contribution in [1.29, 1.82) is 0 Å². The molecular weight excluding hydrogens is 320 g/mol. The number of carboxylic acids is 1. The lowest BCUT2D eigenvalue weighted by Crippen LogP contribution is -2.38. The van der Waals surface area contributed by atoms with E-state index in [9.17, 15) is 13.2 Å². The van der Waals surface area contributed by atoms with Crippen molar-refractivity contribution in [3.05, 3.63) is 23.8 Å². The predicted octanol–water partition coefficient (Wildman–Crippen LogP) is 1.30. The summed E-state index contributed by atoms with van der Waals surface area (Å²) in [5, 5.41) is 9.16. The molecule has 1 atom stereocenters. The van der Waals surface area contributed by atoms with Crippen LogP contribution in [0.1, 0.15) is 30.6 Å². The Morgan fingerprint density at radius 1 is 1.39 bits per heavy atom. The smallest absolute Gasteiger partial charge is 0.335 e. The first-order valence-corrected chi connectivity index (χ1v) is 9.06. The van der Waals surface area contributed by atoms with E-state index < -0.39 is 16.0 Å². The molecule has 23 heavy (non-hydrogen) atoms. The summed E-state index contributed by atoms with van der Waals surface area (Å²) in [4.78, 5) is 13.1. The van der Waals surface area contributed by atoms with Gasteiger partial charge in [0, 0.05) is 19.1 Å². The second-order valence-corrected chi connectivity index (χ2v) is 7.20. The van der Waals surface area contributed by atoms with Gasteiger partial charge in [-0.15, -0.1) is 0 Å². The lowest BCUT2D eigenvalue weighted by atomic mass is 10.2. The normalized spacial score (nSPS) is 17.0. The van der Waals surface area contributed by atoms with E-state index in [4.69, 9.17) is 9.84 Å². The summed E-state index contributed by atoms with van der Waals surface area (Å²) in [6.45, 7) is 5.81. The number of aromatic carboxylic acids is 1. The lowest BCUT2D eigenvalue weighted by Gasteiger charge is -2.30. The highest BCUT2D eigenvalue weighted by Crippen LogP contribution is 2.27. The number of morpholine rings is 1. The number of carbonyl (C=O) groups is 1. The van der Waals surface area contributed by atoms with E-state index in [1.54, 1.807) is 13.0 Å². The van der Waals surface area contributed by atoms with Crippen LogP contribution in [0.25, 0.3) is 0 Å². The van der Waals surface area contributed by atoms with Crippen LogP contribution in [0.5, 0.6) is 0 Å². The average molecular weight is 342 g/mol. The van der Waals surface area contributed by atoms with Crippen LogP contribution in [0.3, 0.4) is 0 Å². The zero-order valence-electron chi connectivity index (χ0n) is 13.3. The van der Waals surface area contributed by atoms with Gasteiger partial charge in [-0.05, 0) is 31.5 Å². The molecule has 8 heteroatoms. The van der Waals surface area contributed by atoms with Crippen molar-refractivity contribution in [2.24, 2.45) is 0 Å². The summed E-state index contributed by atoms with van der Waals surface area (Å²) in [6.07, 6.45) is 0.644. The molecule has 7 nitrogen and oxygen atoms in total. The van der Waals surface area contributed by atoms with Crippen LogP contribution < -0.4 is 9.62 Å². The highest BCUT2D eigenvalue weighted by Gasteiger charge is 2.25. The summed E-state index contributed by atoms with van der Waals surface area (Å²) in [5.41, 5.74) is 0.459. The van der Waals surface area contributed by atoms with E-state index in [1.165, 1.54) is 12.1 Å². The van der Waals surface area contributed by atoms with Crippen molar-refractivity contribution < 1.29 is 23.1 Å². The molecular formula is C15H22N2O5S. The van der Waals surface area contributed by atoms with Gasteiger partial charge in [0.15, 0.2) is 0 Å². The molecule has 1 aliphatic rings. The van der Waals surface area contributed by atoms with Crippen molar-refractivity contribution in [2.45, 2.75) is 31.2 Å². The molecule has 0 bridgehead atoms. The van der Waals surface area contributed by atoms with Gasteiger partial charge in [0.25, 0.3) is 0 Å². The number of nitrogens with zero attached hydrogens (tertiary/aromatic N) is 1. The number of hydrogen-bond acceptors (Lipinski definition) is 5. The SMILES string of the molecule is CC[C@@H](C)NS(=O)(=O)c1cc(C(=O)O)ccc1N1CCOCC1. The van der Waals surface area contributed by atoms with Crippen LogP contribution in [-0.4, -0.2) is 51.8 Å². The maximum absolute atomic E-state index is 12.7. The first-order chi connectivity index (χ1) is 10.8. The van der Waals surface area contributed by atoms with Gasteiger partial charge in [-0.25, -0.2) is 17.9 Å². The zero-order valence-corrected chi connectivity index (χ0v) is 14.1. The third-order valence-corrected chi connectivity index (χ3v) is 5.44. The Morgan fingerprint density at radius 2 is 2.04 bits per heavy atom. The topological polar surface area (TPSA) is 95.9 Å². The van der Waals surface area contributed by atoms with Crippen LogP contribution in [-0.2, 0) is 14.8 Å². The van der Waals surface area contributed by atoms with Crippen LogP contribution in [0, 0.1) is 0 Å². The third kappa shape index (κ3) is 4.21. The number of nitrogens with one attached hydrogen (secondary N) is 1. The first kappa shape index (κ1) is 17.7. The van der Waals surface area contributed by atoms with Gasteiger partial charge < -0.3 is 14.7 Å². The van der Waals surface area contributed by atoms with E-state index in [0.29, 0.717) is 38.4 Å². The van der Waals surface area contributed by atoms with Crippen molar-refractivity contribution in [2.75, 3.05) is 31.2 Å². The molecule has 0 spiro atoms. The van der Waals surface area contributed by atoms with Crippen LogP contribution >= 0.6 is 0 Å². The third-order valence-electron chi connectivity index (χ3n) is 3.82. The fourth-order valence-corrected chi connectivity index (χ4v) is 3.92. The zero-order chi connectivity index (χ0) is 17.0. The molecule has 0 radical (unpaired) electrons. The Labute approximate surface area is 136 Å². The Bertz CT molecular complexity index is 668. The Balaban J connectivity index is 2.48. The summed E-state index contributed by atoms with van der Waals surface area (Å²) < 4.78 is 33.2. The molecule has 0 amide bonds. The minimum atomic E-state index is -3.80. The number of rotatable bonds is 6. The molecule has 1 aromatic carbocycles. The number of sulfonamides is 1. The largest absolute Gasteiger partial charge is 0.478 e. The monoisotopic (exact) mass is 342 g/mol. The van der Waals surface area contributed by atoms with Gasteiger partial charge in [-0.2, -0.15) is 0 Å². The predicted molar refractivity (Wildman–Crippen MR) is 86.5 cm³/mol. The number of anilines is 1. The first-order valence-electron chi connectivity index (χ1n) is 7.57. The Kier molecular flexibility index (Phi) is 5.61. The fraction of sp³-hybridized carbons (Fsp3) is 0.533. The highest BCUT2D eigenvalue weighted by molar-refractivity contribution is 7.89. The van der Waals surface area contributed by atoms with Crippen LogP contribution in [0.4, 0.5) is 5.69 Å². The second-order valence-electron chi connectivity index (χ2n) is 5.52. The van der Waals surface area contributed by atoms with Crippen molar-refractivity contribution >= 4 is 21.7 Å². The molecule has 1 saturated heterocycles. The van der Waals surface area contributed by atoms with Gasteiger partial charge >= 0.3 is 5.97 Å². The molecule has 0 saturated carbocycles. The summed E-state index contributed by atoms with van der Waals surface area (Å²) in [5.74, 6) is -1.15. The molecule has 2 N–H and O–H groups in total. The molecule has 1 fully saturated rings. The molecule has 2 rings (SSSR count). The molecule has 1 heterocycles. The minimum absolute atomic E-state index is 0.000370. The quantitative estimate of drug-likeness (QED) is 0.809. The van der Waals surface area contributed by atoms with Gasteiger partial charge in [-0.3, -0.25) is 0 Å². The molecule has 0 aliphatic carbocycles. The van der Waals surface area contributed by atoms with E-state index in [0.717, 1.165) is 0 Å². The van der Waals surface area contributed by atoms with Crippen LogP contribution in [0.15, 0.2) is 23.1 Å². The van der Waals surface area contributed by atoms with Gasteiger partial charge in [0.2, 0.25) is 10.0 Å². The van der Waals surface area contributed by atoms with Crippen LogP contribution in [0.2, 0.25) is 0 Å². The molecule has 1 aromatic rings. The molecule has 0 unspecified atom stereocenters. The van der Waals surface area contributed by atoms with E-state index in [1.807, 2.05) is 11.8 Å². The molecule has 1 aliphatic heterocycles. The van der Waals surface area contributed by atoms with Crippen molar-refractivity contribution in [3.8, 4) is 0 Å². The summed E-state index contributed by atoms with van der Waals surface area (Å²) in [7, 11) is -3.80. The summed E-state index contributed by atoms with van der Waals surface area (Å²) >= 11 is 0. The number of benzene rings is 1. The number of ether oxygens (including phenoxy) is 1. The highest BCUT2D eigenvalue weighted by atomic mass is 32.2. The fourth-order valence-electron chi connectivity index (χ4n) is 2.34. The number of carboxylic acid groups (broad SMARTS) is 1. The second kappa shape index (κ2) is 7.29. The minimum Gasteiger partial charge on any atom is -0.478 e. The van der Waals surface area contributed by atoms with Gasteiger partial charge in [-0.1, -0.05) is 6.92 Å². The van der Waals surface area contributed by atoms with Crippen molar-refractivity contribution in [1.82, 2.24) is 4.72 Å². The van der Waals surface area contributed by atoms with Gasteiger partial charge in [0.05, 0.1) is 24.5 Å².